The maximum Gasteiger partial charge on any atom is 0.400 e. The molecule has 0 unspecified atom stereocenters. The van der Waals surface area contributed by atoms with Crippen molar-refractivity contribution < 1.29 is 0 Å². The minimum absolute atomic E-state index is 0.00694. The zero-order valence-corrected chi connectivity index (χ0v) is 4.13. The molecule has 8 heavy (non-hydrogen) atoms. The molecule has 4 heteroatoms. The third-order valence-corrected chi connectivity index (χ3v) is 0.607. The minimum atomic E-state index is -0.750. The van der Waals surface area contributed by atoms with Crippen molar-refractivity contribution in [3.63, 3.8) is 0 Å². The van der Waals surface area contributed by atoms with Crippen molar-refractivity contribution in [3.05, 3.63) is 0 Å². The molecule has 0 heterocycles. The van der Waals surface area contributed by atoms with Crippen LogP contribution in [0.1, 0.15) is 0 Å². The first-order chi connectivity index (χ1) is 3.85. The first kappa shape index (κ1) is 6.53. The summed E-state index contributed by atoms with van der Waals surface area (Å²) in [5.41, 5.74) is 0. The van der Waals surface area contributed by atoms with Crippen LogP contribution in [-0.4, -0.2) is 6.71 Å². The van der Waals surface area contributed by atoms with Crippen LogP contribution >= 0.6 is 0 Å². The quantitative estimate of drug-likeness (QED) is 0.442. The molecule has 0 aromatic carbocycles. The van der Waals surface area contributed by atoms with Crippen molar-refractivity contribution in [2.45, 2.75) is 6.32 Å². The lowest BCUT2D eigenvalue weighted by atomic mass is 9.51. The van der Waals surface area contributed by atoms with Crippen LogP contribution in [0, 0.1) is 33.8 Å². The second-order valence-corrected chi connectivity index (χ2v) is 1.17. The second kappa shape index (κ2) is 3.72. The van der Waals surface area contributed by atoms with E-state index in [4.69, 9.17) is 15.8 Å². The Kier molecular flexibility index (Phi) is 3.04. The molecule has 0 saturated carbocycles. The van der Waals surface area contributed by atoms with Gasteiger partial charge in [0, 0.05) is 18.3 Å². The summed E-state index contributed by atoms with van der Waals surface area (Å²) in [6.07, 6.45) is 0.00694. The van der Waals surface area contributed by atoms with Gasteiger partial charge in [-0.15, -0.1) is 0 Å². The van der Waals surface area contributed by atoms with E-state index in [2.05, 4.69) is 0 Å². The predicted octanol–water partition coefficient (Wildman–Crippen LogP) is 0.130. The molecule has 0 rings (SSSR count). The van der Waals surface area contributed by atoms with Gasteiger partial charge in [0.05, 0.1) is 6.07 Å². The van der Waals surface area contributed by atoms with Crippen LogP contribution < -0.4 is 0 Å². The van der Waals surface area contributed by atoms with Gasteiger partial charge in [0.15, 0.2) is 0 Å². The van der Waals surface area contributed by atoms with E-state index in [0.29, 0.717) is 0 Å². The predicted molar refractivity (Wildman–Crippen MR) is 27.4 cm³/mol. The van der Waals surface area contributed by atoms with Crippen LogP contribution in [0.25, 0.3) is 0 Å². The summed E-state index contributed by atoms with van der Waals surface area (Å²) >= 11 is 0. The van der Waals surface area contributed by atoms with Gasteiger partial charge in [0.25, 0.3) is 0 Å². The highest BCUT2D eigenvalue weighted by atomic mass is 14.2. The molecule has 36 valence electrons. The number of hydrogen-bond acceptors (Lipinski definition) is 3. The third-order valence-electron chi connectivity index (χ3n) is 0.607. The monoisotopic (exact) mass is 103 g/mol. The van der Waals surface area contributed by atoms with Gasteiger partial charge < -0.3 is 0 Å². The Morgan fingerprint density at radius 2 is 1.62 bits per heavy atom. The Balaban J connectivity index is 3.68. The van der Waals surface area contributed by atoms with Crippen LogP contribution in [0.4, 0.5) is 0 Å². The van der Waals surface area contributed by atoms with Gasteiger partial charge in [-0.3, -0.25) is 0 Å². The first-order valence-corrected chi connectivity index (χ1v) is 2.01. The first-order valence-electron chi connectivity index (χ1n) is 2.01. The van der Waals surface area contributed by atoms with Gasteiger partial charge in [-0.05, 0) is 0 Å². The molecule has 0 atom stereocenters. The largest absolute Gasteiger partial charge is 0.400 e. The number of rotatable bonds is 1. The van der Waals surface area contributed by atoms with Crippen molar-refractivity contribution in [2.75, 3.05) is 0 Å². The van der Waals surface area contributed by atoms with Crippen LogP contribution in [-0.2, 0) is 0 Å². The second-order valence-electron chi connectivity index (χ2n) is 1.17. The average Bonchev–Trinajstić information content (AvgIpc) is 1.83. The highest BCUT2D eigenvalue weighted by Gasteiger charge is 2.10. The third kappa shape index (κ3) is 1.85. The molecule has 0 aromatic rings. The Morgan fingerprint density at radius 3 is 1.75 bits per heavy atom. The maximum atomic E-state index is 8.03. The SMILES string of the molecule is N#CCB(C#N)C#N. The molecule has 0 aliphatic heterocycles. The van der Waals surface area contributed by atoms with Crippen molar-refractivity contribution in [3.8, 4) is 18.0 Å². The highest BCUT2D eigenvalue weighted by molar-refractivity contribution is 6.74. The van der Waals surface area contributed by atoms with Gasteiger partial charge in [-0.1, -0.05) is 0 Å². The molecule has 0 radical (unpaired) electrons. The van der Waals surface area contributed by atoms with E-state index in [1.54, 1.807) is 18.0 Å². The fourth-order valence-electron chi connectivity index (χ4n) is 0.211. The molecule has 3 nitrogen and oxygen atoms in total. The van der Waals surface area contributed by atoms with E-state index in [-0.39, 0.29) is 6.32 Å². The standard InChI is InChI=1S/C4H2BN3/c6-2-1-5(3-7)4-8/h1H2. The van der Waals surface area contributed by atoms with Gasteiger partial charge in [0.1, 0.15) is 0 Å². The van der Waals surface area contributed by atoms with E-state index in [1.165, 1.54) is 0 Å². The summed E-state index contributed by atoms with van der Waals surface area (Å²) in [6, 6.07) is 1.72. The molecule has 0 aliphatic rings. The molecule has 0 amide bonds. The van der Waals surface area contributed by atoms with E-state index >= 15 is 0 Å². The lowest BCUT2D eigenvalue weighted by Gasteiger charge is -1.75. The fraction of sp³-hybridized carbons (Fsp3) is 0.250. The van der Waals surface area contributed by atoms with Crippen molar-refractivity contribution in [1.29, 1.82) is 15.8 Å². The summed E-state index contributed by atoms with van der Waals surface area (Å²) in [4.78, 5) is 0. The van der Waals surface area contributed by atoms with Gasteiger partial charge >= 0.3 is 6.71 Å². The lowest BCUT2D eigenvalue weighted by molar-refractivity contribution is 1.46. The van der Waals surface area contributed by atoms with Crippen LogP contribution in [0.3, 0.4) is 0 Å². The molecule has 0 spiro atoms. The molecule has 0 fully saturated rings. The van der Waals surface area contributed by atoms with Gasteiger partial charge in [0.2, 0.25) is 0 Å². The molecular weight excluding hydrogens is 101 g/mol. The number of nitrogens with zero attached hydrogens (tertiary/aromatic N) is 3. The normalized spacial score (nSPS) is 5.62. The van der Waals surface area contributed by atoms with E-state index in [1.807, 2.05) is 0 Å². The van der Waals surface area contributed by atoms with E-state index in [9.17, 15) is 0 Å². The van der Waals surface area contributed by atoms with E-state index < -0.39 is 6.71 Å². The zero-order chi connectivity index (χ0) is 6.41. The fourth-order valence-corrected chi connectivity index (χ4v) is 0.211. The molecule has 0 aliphatic carbocycles. The maximum absolute atomic E-state index is 8.03. The molecule has 0 saturated heterocycles. The summed E-state index contributed by atoms with van der Waals surface area (Å²) < 4.78 is 0. The summed E-state index contributed by atoms with van der Waals surface area (Å²) in [5, 5.41) is 24.0. The smallest absolute Gasteiger partial charge is 0.211 e. The topological polar surface area (TPSA) is 71.4 Å². The average molecular weight is 103 g/mol. The van der Waals surface area contributed by atoms with Gasteiger partial charge in [-0.25, -0.2) is 10.5 Å². The Morgan fingerprint density at radius 1 is 1.12 bits per heavy atom. The Labute approximate surface area is 47.8 Å². The molecular formula is C4H2BN3. The number of nitriles is 3. The van der Waals surface area contributed by atoms with Crippen molar-refractivity contribution in [1.82, 2.24) is 0 Å². The van der Waals surface area contributed by atoms with Gasteiger partial charge in [-0.2, -0.15) is 5.26 Å². The lowest BCUT2D eigenvalue weighted by Crippen LogP contribution is -2.03. The van der Waals surface area contributed by atoms with Crippen LogP contribution in [0.2, 0.25) is 6.32 Å². The van der Waals surface area contributed by atoms with E-state index in [0.717, 1.165) is 0 Å². The highest BCUT2D eigenvalue weighted by Crippen LogP contribution is 1.83. The Hall–Kier alpha value is -1.47. The molecule has 0 bridgehead atoms. The molecule has 0 aromatic heterocycles. The van der Waals surface area contributed by atoms with Crippen LogP contribution in [0.5, 0.6) is 0 Å². The minimum Gasteiger partial charge on any atom is -0.211 e. The van der Waals surface area contributed by atoms with Crippen molar-refractivity contribution in [2.24, 2.45) is 0 Å². The number of hydrogen-bond donors (Lipinski definition) is 0. The van der Waals surface area contributed by atoms with Crippen molar-refractivity contribution >= 4 is 6.71 Å². The Bertz CT molecular complexity index is 165. The van der Waals surface area contributed by atoms with Crippen LogP contribution in [0.15, 0.2) is 0 Å². The summed E-state index contributed by atoms with van der Waals surface area (Å²) in [7, 11) is 0. The summed E-state index contributed by atoms with van der Waals surface area (Å²) in [5.74, 6) is 3.34. The zero-order valence-electron chi connectivity index (χ0n) is 4.13. The molecule has 0 N–H and O–H groups in total. The summed E-state index contributed by atoms with van der Waals surface area (Å²) in [6.45, 7) is -0.750.